The highest BCUT2D eigenvalue weighted by Gasteiger charge is 2.32. The first-order valence-corrected chi connectivity index (χ1v) is 14.1. The minimum absolute atomic E-state index is 0.115. The van der Waals surface area contributed by atoms with Crippen LogP contribution < -0.4 is 9.62 Å². The normalized spacial score (nSPS) is 15.0. The van der Waals surface area contributed by atoms with E-state index in [1.54, 1.807) is 32.0 Å². The van der Waals surface area contributed by atoms with E-state index in [1.165, 1.54) is 4.90 Å². The Bertz CT molecular complexity index is 1180. The Balaban J connectivity index is 1.91. The van der Waals surface area contributed by atoms with Crippen molar-refractivity contribution in [1.82, 2.24) is 10.2 Å². The molecule has 0 radical (unpaired) electrons. The van der Waals surface area contributed by atoms with E-state index in [0.717, 1.165) is 47.4 Å². The van der Waals surface area contributed by atoms with Gasteiger partial charge in [0.15, 0.2) is 0 Å². The third-order valence-corrected chi connectivity index (χ3v) is 7.94. The van der Waals surface area contributed by atoms with Gasteiger partial charge < -0.3 is 10.2 Å². The first kappa shape index (κ1) is 27.0. The first-order chi connectivity index (χ1) is 16.5. The van der Waals surface area contributed by atoms with Crippen LogP contribution in [0.25, 0.3) is 0 Å². The largest absolute Gasteiger partial charge is 0.352 e. The molecule has 35 heavy (non-hydrogen) atoms. The van der Waals surface area contributed by atoms with Crippen molar-refractivity contribution in [3.8, 4) is 0 Å². The summed E-state index contributed by atoms with van der Waals surface area (Å²) in [4.78, 5) is 28.2. The Morgan fingerprint density at radius 1 is 1.09 bits per heavy atom. The van der Waals surface area contributed by atoms with Crippen molar-refractivity contribution < 1.29 is 18.0 Å². The number of carbonyl (C=O) groups is 2. The summed E-state index contributed by atoms with van der Waals surface area (Å²) in [7, 11) is -3.79. The lowest BCUT2D eigenvalue weighted by Gasteiger charge is -2.32. The Hall–Kier alpha value is -2.58. The van der Waals surface area contributed by atoms with Gasteiger partial charge in [0.05, 0.1) is 11.9 Å². The maximum Gasteiger partial charge on any atom is 0.244 e. The molecule has 1 N–H and O–H groups in total. The quantitative estimate of drug-likeness (QED) is 0.538. The topological polar surface area (TPSA) is 86.8 Å². The molecule has 0 bridgehead atoms. The molecule has 2 aromatic carbocycles. The molecule has 2 aromatic rings. The minimum Gasteiger partial charge on any atom is -0.352 e. The lowest BCUT2D eigenvalue weighted by molar-refractivity contribution is -0.139. The fourth-order valence-corrected chi connectivity index (χ4v) is 5.57. The molecule has 7 nitrogen and oxygen atoms in total. The number of hydrogen-bond donors (Lipinski definition) is 1. The summed E-state index contributed by atoms with van der Waals surface area (Å²) in [5, 5.41) is 3.54. The SMILES string of the molecule is Cc1ccccc1CN(C(=O)CN(c1ccc(Cl)cc1C)S(C)(=O)=O)C(C)C(=O)NC1CCCC1. The molecule has 2 amide bonds. The van der Waals surface area contributed by atoms with E-state index in [9.17, 15) is 18.0 Å². The van der Waals surface area contributed by atoms with Crippen molar-refractivity contribution in [3.63, 3.8) is 0 Å². The van der Waals surface area contributed by atoms with E-state index in [2.05, 4.69) is 5.32 Å². The smallest absolute Gasteiger partial charge is 0.244 e. The Labute approximate surface area is 213 Å². The van der Waals surface area contributed by atoms with Gasteiger partial charge in [0.2, 0.25) is 21.8 Å². The average molecular weight is 520 g/mol. The van der Waals surface area contributed by atoms with E-state index < -0.39 is 28.5 Å². The summed E-state index contributed by atoms with van der Waals surface area (Å²) in [6.07, 6.45) is 5.09. The van der Waals surface area contributed by atoms with Gasteiger partial charge in [0.25, 0.3) is 0 Å². The van der Waals surface area contributed by atoms with Crippen LogP contribution in [0.3, 0.4) is 0 Å². The molecular formula is C26H34ClN3O4S. The second kappa shape index (κ2) is 11.4. The van der Waals surface area contributed by atoms with Crippen molar-refractivity contribution in [2.45, 2.75) is 65.1 Å². The summed E-state index contributed by atoms with van der Waals surface area (Å²) < 4.78 is 26.5. The molecule has 0 spiro atoms. The van der Waals surface area contributed by atoms with Crippen molar-refractivity contribution in [3.05, 3.63) is 64.2 Å². The number of anilines is 1. The van der Waals surface area contributed by atoms with Crippen LogP contribution >= 0.6 is 11.6 Å². The average Bonchev–Trinajstić information content (AvgIpc) is 3.29. The summed E-state index contributed by atoms with van der Waals surface area (Å²) >= 11 is 6.06. The third kappa shape index (κ3) is 6.98. The molecular weight excluding hydrogens is 486 g/mol. The molecule has 1 fully saturated rings. The number of nitrogens with zero attached hydrogens (tertiary/aromatic N) is 2. The molecule has 0 saturated heterocycles. The number of amides is 2. The highest BCUT2D eigenvalue weighted by molar-refractivity contribution is 7.92. The Kier molecular flexibility index (Phi) is 8.83. The molecule has 0 aromatic heterocycles. The van der Waals surface area contributed by atoms with Crippen molar-refractivity contribution in [2.24, 2.45) is 0 Å². The predicted molar refractivity (Wildman–Crippen MR) is 140 cm³/mol. The number of benzene rings is 2. The first-order valence-electron chi connectivity index (χ1n) is 11.9. The van der Waals surface area contributed by atoms with E-state index in [-0.39, 0.29) is 18.5 Å². The molecule has 1 aliphatic carbocycles. The van der Waals surface area contributed by atoms with E-state index in [4.69, 9.17) is 11.6 Å². The van der Waals surface area contributed by atoms with Crippen molar-refractivity contribution in [1.29, 1.82) is 0 Å². The lowest BCUT2D eigenvalue weighted by atomic mass is 10.1. The standard InChI is InChI=1S/C26H34ClN3O4S/c1-18-9-5-6-10-21(18)16-29(20(3)26(32)28-23-11-7-8-12-23)25(31)17-30(35(4,33)34)24-14-13-22(27)15-19(24)2/h5-6,9-10,13-15,20,23H,7-8,11-12,16-17H2,1-4H3,(H,28,32). The summed E-state index contributed by atoms with van der Waals surface area (Å²) in [5.74, 6) is -0.686. The van der Waals surface area contributed by atoms with Gasteiger partial charge in [-0.25, -0.2) is 8.42 Å². The number of hydrogen-bond acceptors (Lipinski definition) is 4. The molecule has 3 rings (SSSR count). The maximum atomic E-state index is 13.7. The lowest BCUT2D eigenvalue weighted by Crippen LogP contribution is -2.52. The molecule has 0 heterocycles. The van der Waals surface area contributed by atoms with Crippen LogP contribution in [0.1, 0.15) is 49.3 Å². The summed E-state index contributed by atoms with van der Waals surface area (Å²) in [5.41, 5.74) is 2.90. The fourth-order valence-electron chi connectivity index (χ4n) is 4.44. The van der Waals surface area contributed by atoms with Crippen molar-refractivity contribution >= 4 is 39.1 Å². The van der Waals surface area contributed by atoms with Crippen LogP contribution in [-0.2, 0) is 26.2 Å². The Morgan fingerprint density at radius 3 is 2.34 bits per heavy atom. The van der Waals surface area contributed by atoms with E-state index >= 15 is 0 Å². The monoisotopic (exact) mass is 519 g/mol. The van der Waals surface area contributed by atoms with Gasteiger partial charge in [-0.3, -0.25) is 13.9 Å². The molecule has 190 valence electrons. The number of carbonyl (C=O) groups excluding carboxylic acids is 2. The number of sulfonamides is 1. The second-order valence-corrected chi connectivity index (χ2v) is 11.7. The van der Waals surface area contributed by atoms with Crippen LogP contribution in [0.5, 0.6) is 0 Å². The number of nitrogens with one attached hydrogen (secondary N) is 1. The molecule has 1 unspecified atom stereocenters. The van der Waals surface area contributed by atoms with Gasteiger partial charge in [-0.05, 0) is 68.5 Å². The highest BCUT2D eigenvalue weighted by atomic mass is 35.5. The van der Waals surface area contributed by atoms with Gasteiger partial charge in [-0.2, -0.15) is 0 Å². The zero-order chi connectivity index (χ0) is 25.8. The molecule has 1 aliphatic rings. The molecule has 0 aliphatic heterocycles. The number of aryl methyl sites for hydroxylation is 2. The van der Waals surface area contributed by atoms with Gasteiger partial charge in [-0.15, -0.1) is 0 Å². The maximum absolute atomic E-state index is 13.7. The van der Waals surface area contributed by atoms with Crippen molar-refractivity contribution in [2.75, 3.05) is 17.1 Å². The third-order valence-electron chi connectivity index (χ3n) is 6.58. The van der Waals surface area contributed by atoms with Crippen LogP contribution in [0.15, 0.2) is 42.5 Å². The predicted octanol–water partition coefficient (Wildman–Crippen LogP) is 4.20. The summed E-state index contributed by atoms with van der Waals surface area (Å²) in [6, 6.07) is 11.8. The second-order valence-electron chi connectivity index (χ2n) is 9.31. The van der Waals surface area contributed by atoms with Gasteiger partial charge in [0.1, 0.15) is 12.6 Å². The van der Waals surface area contributed by atoms with Gasteiger partial charge in [0, 0.05) is 17.6 Å². The molecule has 1 atom stereocenters. The highest BCUT2D eigenvalue weighted by Crippen LogP contribution is 2.26. The fraction of sp³-hybridized carbons (Fsp3) is 0.462. The minimum atomic E-state index is -3.79. The zero-order valence-electron chi connectivity index (χ0n) is 20.8. The zero-order valence-corrected chi connectivity index (χ0v) is 22.3. The molecule has 1 saturated carbocycles. The van der Waals surface area contributed by atoms with Gasteiger partial charge >= 0.3 is 0 Å². The van der Waals surface area contributed by atoms with Crippen LogP contribution in [0.4, 0.5) is 5.69 Å². The van der Waals surface area contributed by atoms with Gasteiger partial charge in [-0.1, -0.05) is 48.7 Å². The van der Waals surface area contributed by atoms with Crippen LogP contribution in [-0.4, -0.2) is 50.0 Å². The van der Waals surface area contributed by atoms with E-state index in [0.29, 0.717) is 16.3 Å². The number of rotatable bonds is 9. The molecule has 9 heteroatoms. The Morgan fingerprint density at radius 2 is 1.74 bits per heavy atom. The van der Waals surface area contributed by atoms with Crippen LogP contribution in [0.2, 0.25) is 5.02 Å². The van der Waals surface area contributed by atoms with Crippen LogP contribution in [0, 0.1) is 13.8 Å². The van der Waals surface area contributed by atoms with E-state index in [1.807, 2.05) is 31.2 Å². The summed E-state index contributed by atoms with van der Waals surface area (Å²) in [6.45, 7) is 5.16. The number of halogens is 1.